The maximum Gasteiger partial charge on any atom is 0.188 e. The van der Waals surface area contributed by atoms with Gasteiger partial charge in [0.05, 0.1) is 0 Å². The highest BCUT2D eigenvalue weighted by atomic mass is 127. The zero-order chi connectivity index (χ0) is 6.69. The Balaban J connectivity index is 0.000000810. The molecule has 0 aromatic rings. The first-order valence-corrected chi connectivity index (χ1v) is 3.39. The van der Waals surface area contributed by atoms with E-state index in [0.717, 1.165) is 13.1 Å². The van der Waals surface area contributed by atoms with Gasteiger partial charge in [0.2, 0.25) is 0 Å². The fourth-order valence-corrected chi connectivity index (χ4v) is 1.13. The van der Waals surface area contributed by atoms with Crippen LogP contribution in [0.25, 0.3) is 0 Å². The second-order valence-corrected chi connectivity index (χ2v) is 2.43. The molecule has 0 radical (unpaired) electrons. The van der Waals surface area contributed by atoms with Crippen LogP contribution in [0.15, 0.2) is 0 Å². The number of halogens is 1. The van der Waals surface area contributed by atoms with Crippen molar-refractivity contribution in [1.82, 2.24) is 4.90 Å². The van der Waals surface area contributed by atoms with Gasteiger partial charge in [0, 0.05) is 13.1 Å². The molecule has 1 heterocycles. The van der Waals surface area contributed by atoms with E-state index in [9.17, 15) is 0 Å². The molecule has 1 aliphatic heterocycles. The third-order valence-corrected chi connectivity index (χ3v) is 1.70. The van der Waals surface area contributed by atoms with Crippen molar-refractivity contribution in [2.45, 2.75) is 19.3 Å². The molecular formula is C6H14IN3. The van der Waals surface area contributed by atoms with Crippen molar-refractivity contribution >= 4 is 29.9 Å². The summed E-state index contributed by atoms with van der Waals surface area (Å²) in [6, 6.07) is 0. The lowest BCUT2D eigenvalue weighted by Crippen LogP contribution is -2.39. The molecule has 1 aliphatic rings. The highest BCUT2D eigenvalue weighted by molar-refractivity contribution is 14.0. The minimum absolute atomic E-state index is 0. The predicted octanol–water partition coefficient (Wildman–Crippen LogP) is 0.984. The Hall–Kier alpha value is 0. The van der Waals surface area contributed by atoms with Crippen LogP contribution in [0, 0.1) is 5.41 Å². The molecule has 60 valence electrons. The van der Waals surface area contributed by atoms with Crippen molar-refractivity contribution in [1.29, 1.82) is 5.41 Å². The van der Waals surface area contributed by atoms with Crippen molar-refractivity contribution in [3.8, 4) is 0 Å². The number of nitrogens with zero attached hydrogens (tertiary/aromatic N) is 1. The molecular weight excluding hydrogens is 241 g/mol. The van der Waals surface area contributed by atoms with Crippen LogP contribution in [0.4, 0.5) is 0 Å². The quantitative estimate of drug-likeness (QED) is 0.385. The van der Waals surface area contributed by atoms with Crippen LogP contribution in [0.5, 0.6) is 0 Å². The third-order valence-electron chi connectivity index (χ3n) is 1.70. The number of nitrogens with two attached hydrogens (primary N) is 1. The van der Waals surface area contributed by atoms with Crippen LogP contribution in [0.1, 0.15) is 19.3 Å². The molecule has 1 fully saturated rings. The number of rotatable bonds is 0. The van der Waals surface area contributed by atoms with Crippen molar-refractivity contribution in [3.05, 3.63) is 0 Å². The second kappa shape index (κ2) is 4.76. The molecule has 0 unspecified atom stereocenters. The number of likely N-dealkylation sites (tertiary alicyclic amines) is 1. The van der Waals surface area contributed by atoms with Gasteiger partial charge in [-0.1, -0.05) is 0 Å². The Labute approximate surface area is 78.5 Å². The predicted molar refractivity (Wildman–Crippen MR) is 52.8 cm³/mol. The average molecular weight is 255 g/mol. The number of guanidine groups is 1. The van der Waals surface area contributed by atoms with Crippen molar-refractivity contribution in [2.24, 2.45) is 5.73 Å². The molecule has 3 nitrogen and oxygen atoms in total. The Morgan fingerprint density at radius 2 is 1.70 bits per heavy atom. The van der Waals surface area contributed by atoms with E-state index in [1.54, 1.807) is 0 Å². The van der Waals surface area contributed by atoms with Crippen molar-refractivity contribution < 1.29 is 0 Å². The van der Waals surface area contributed by atoms with E-state index in [1.165, 1.54) is 19.3 Å². The third kappa shape index (κ3) is 2.72. The SMILES string of the molecule is I.N=C(N)N1CCCCC1. The number of hydrogen-bond donors (Lipinski definition) is 2. The topological polar surface area (TPSA) is 53.1 Å². The summed E-state index contributed by atoms with van der Waals surface area (Å²) < 4.78 is 0. The van der Waals surface area contributed by atoms with Gasteiger partial charge >= 0.3 is 0 Å². The first kappa shape index (κ1) is 10.0. The van der Waals surface area contributed by atoms with Gasteiger partial charge in [0.1, 0.15) is 0 Å². The molecule has 10 heavy (non-hydrogen) atoms. The van der Waals surface area contributed by atoms with Gasteiger partial charge in [-0.25, -0.2) is 0 Å². The average Bonchev–Trinajstić information content (AvgIpc) is 1.90. The molecule has 3 N–H and O–H groups in total. The molecule has 0 atom stereocenters. The number of hydrogen-bond acceptors (Lipinski definition) is 1. The van der Waals surface area contributed by atoms with Gasteiger partial charge in [-0.15, -0.1) is 24.0 Å². The van der Waals surface area contributed by atoms with E-state index >= 15 is 0 Å². The first-order valence-electron chi connectivity index (χ1n) is 3.39. The van der Waals surface area contributed by atoms with Crippen LogP contribution < -0.4 is 5.73 Å². The highest BCUT2D eigenvalue weighted by Gasteiger charge is 2.09. The Bertz CT molecular complexity index is 110. The standard InChI is InChI=1S/C6H13N3.HI/c7-6(8)9-4-2-1-3-5-9;/h1-5H2,(H3,7,8);1H. The van der Waals surface area contributed by atoms with E-state index in [0.29, 0.717) is 0 Å². The molecule has 0 bridgehead atoms. The summed E-state index contributed by atoms with van der Waals surface area (Å²) >= 11 is 0. The maximum atomic E-state index is 7.09. The molecule has 0 saturated carbocycles. The van der Waals surface area contributed by atoms with Crippen LogP contribution in [-0.2, 0) is 0 Å². The Morgan fingerprint density at radius 1 is 1.20 bits per heavy atom. The van der Waals surface area contributed by atoms with E-state index in [-0.39, 0.29) is 29.9 Å². The monoisotopic (exact) mass is 255 g/mol. The Morgan fingerprint density at radius 3 is 2.00 bits per heavy atom. The minimum atomic E-state index is 0. The van der Waals surface area contributed by atoms with E-state index in [2.05, 4.69) is 0 Å². The fourth-order valence-electron chi connectivity index (χ4n) is 1.13. The summed E-state index contributed by atoms with van der Waals surface area (Å²) in [4.78, 5) is 1.92. The highest BCUT2D eigenvalue weighted by Crippen LogP contribution is 2.06. The zero-order valence-electron chi connectivity index (χ0n) is 5.97. The van der Waals surface area contributed by atoms with Gasteiger partial charge in [0.15, 0.2) is 5.96 Å². The lowest BCUT2D eigenvalue weighted by molar-refractivity contribution is 0.337. The molecule has 0 aromatic heterocycles. The van der Waals surface area contributed by atoms with Crippen LogP contribution in [0.3, 0.4) is 0 Å². The summed E-state index contributed by atoms with van der Waals surface area (Å²) in [5.41, 5.74) is 5.28. The van der Waals surface area contributed by atoms with Crippen molar-refractivity contribution in [2.75, 3.05) is 13.1 Å². The molecule has 0 aliphatic carbocycles. The van der Waals surface area contributed by atoms with Gasteiger partial charge in [0.25, 0.3) is 0 Å². The van der Waals surface area contributed by atoms with Crippen molar-refractivity contribution in [3.63, 3.8) is 0 Å². The smallest absolute Gasteiger partial charge is 0.188 e. The van der Waals surface area contributed by atoms with Gasteiger partial charge < -0.3 is 10.6 Å². The van der Waals surface area contributed by atoms with E-state index < -0.39 is 0 Å². The Kier molecular flexibility index (Phi) is 4.76. The van der Waals surface area contributed by atoms with Crippen LogP contribution in [-0.4, -0.2) is 23.9 Å². The first-order chi connectivity index (χ1) is 4.30. The largest absolute Gasteiger partial charge is 0.370 e. The molecule has 4 heteroatoms. The number of piperidine rings is 1. The van der Waals surface area contributed by atoms with Gasteiger partial charge in [-0.2, -0.15) is 0 Å². The summed E-state index contributed by atoms with van der Waals surface area (Å²) in [5.74, 6) is 0.231. The minimum Gasteiger partial charge on any atom is -0.370 e. The normalized spacial score (nSPS) is 17.8. The summed E-state index contributed by atoms with van der Waals surface area (Å²) in [6.45, 7) is 1.96. The van der Waals surface area contributed by atoms with Gasteiger partial charge in [-0.05, 0) is 19.3 Å². The molecule has 0 spiro atoms. The number of nitrogens with one attached hydrogen (secondary N) is 1. The van der Waals surface area contributed by atoms with Crippen LogP contribution in [0.2, 0.25) is 0 Å². The molecule has 0 aromatic carbocycles. The molecule has 0 amide bonds. The van der Waals surface area contributed by atoms with E-state index in [4.69, 9.17) is 11.1 Å². The summed E-state index contributed by atoms with van der Waals surface area (Å²) in [6.07, 6.45) is 3.68. The fraction of sp³-hybridized carbons (Fsp3) is 0.833. The van der Waals surface area contributed by atoms with E-state index in [1.807, 2.05) is 4.90 Å². The lowest BCUT2D eigenvalue weighted by Gasteiger charge is -2.26. The van der Waals surface area contributed by atoms with Crippen LogP contribution >= 0.6 is 24.0 Å². The molecule has 1 rings (SSSR count). The molecule has 1 saturated heterocycles. The summed E-state index contributed by atoms with van der Waals surface area (Å²) in [7, 11) is 0. The zero-order valence-corrected chi connectivity index (χ0v) is 8.30. The second-order valence-electron chi connectivity index (χ2n) is 2.43. The lowest BCUT2D eigenvalue weighted by atomic mass is 10.1. The maximum absolute atomic E-state index is 7.09. The summed E-state index contributed by atoms with van der Waals surface area (Å²) in [5, 5.41) is 7.09. The van der Waals surface area contributed by atoms with Gasteiger partial charge in [-0.3, -0.25) is 5.41 Å².